The molecule has 4 rings (SSSR count). The molecule has 0 bridgehead atoms. The fraction of sp³-hybridized carbons (Fsp3) is 0.588. The third kappa shape index (κ3) is 1.73. The van der Waals surface area contributed by atoms with E-state index < -0.39 is 11.8 Å². The number of aliphatic hydroxyl groups is 1. The summed E-state index contributed by atoms with van der Waals surface area (Å²) in [5.74, 6) is 0.904. The highest BCUT2D eigenvalue weighted by atomic mass is 32.2. The lowest BCUT2D eigenvalue weighted by atomic mass is 9.84. The minimum atomic E-state index is -1.55. The Bertz CT molecular complexity index is 655. The molecule has 1 spiro atoms. The van der Waals surface area contributed by atoms with Gasteiger partial charge in [-0.3, -0.25) is 0 Å². The Hall–Kier alpha value is -0.650. The Morgan fingerprint density at radius 3 is 2.68 bits per heavy atom. The molecule has 1 fully saturated rings. The molecule has 118 valence electrons. The summed E-state index contributed by atoms with van der Waals surface area (Å²) in [6.45, 7) is 6.06. The van der Waals surface area contributed by atoms with Crippen molar-refractivity contribution in [2.45, 2.75) is 37.1 Å². The van der Waals surface area contributed by atoms with E-state index in [2.05, 4.69) is 19.9 Å². The van der Waals surface area contributed by atoms with Gasteiger partial charge in [0.1, 0.15) is 0 Å². The molecule has 2 aliphatic carbocycles. The monoisotopic (exact) mass is 336 g/mol. The summed E-state index contributed by atoms with van der Waals surface area (Å²) in [4.78, 5) is 12.0. The first-order valence-corrected chi connectivity index (χ1v) is 9.71. The molecule has 2 aliphatic heterocycles. The quantitative estimate of drug-likeness (QED) is 0.543. The molecule has 3 nitrogen and oxygen atoms in total. The number of thioether (sulfide) groups is 2. The van der Waals surface area contributed by atoms with Crippen LogP contribution in [0.2, 0.25) is 0 Å². The number of hydrogen-bond donors (Lipinski definition) is 1. The standard InChI is InChI=1S/C17H20O3S2/c1-9-4-5-13-10(2)15(18)20-17(13,19)14-11(3)16(8-12(9)14)21-6-7-22-16/h4-5,9,12,19H,6-8H2,1-3H3/t9-,12+,17-/m0/s1. The summed E-state index contributed by atoms with van der Waals surface area (Å²) in [6, 6.07) is 0. The van der Waals surface area contributed by atoms with Crippen molar-refractivity contribution in [3.05, 3.63) is 34.4 Å². The minimum absolute atomic E-state index is 0.0587. The highest BCUT2D eigenvalue weighted by Gasteiger charge is 2.58. The fourth-order valence-corrected chi connectivity index (χ4v) is 7.63. The van der Waals surface area contributed by atoms with Crippen LogP contribution in [0.25, 0.3) is 0 Å². The van der Waals surface area contributed by atoms with E-state index in [0.29, 0.717) is 17.1 Å². The first kappa shape index (κ1) is 14.9. The van der Waals surface area contributed by atoms with Gasteiger partial charge in [0, 0.05) is 28.2 Å². The predicted octanol–water partition coefficient (Wildman–Crippen LogP) is 3.27. The van der Waals surface area contributed by atoms with E-state index >= 15 is 0 Å². The highest BCUT2D eigenvalue weighted by molar-refractivity contribution is 8.21. The van der Waals surface area contributed by atoms with Crippen LogP contribution < -0.4 is 0 Å². The number of allylic oxidation sites excluding steroid dienone is 1. The Balaban J connectivity index is 1.94. The minimum Gasteiger partial charge on any atom is -0.421 e. The second-order valence-corrected chi connectivity index (χ2v) is 9.64. The van der Waals surface area contributed by atoms with Crippen LogP contribution in [0.1, 0.15) is 27.2 Å². The average molecular weight is 336 g/mol. The summed E-state index contributed by atoms with van der Waals surface area (Å²) in [6.07, 6.45) is 5.03. The molecule has 0 aromatic carbocycles. The lowest BCUT2D eigenvalue weighted by molar-refractivity contribution is -0.171. The van der Waals surface area contributed by atoms with Crippen LogP contribution in [0.5, 0.6) is 0 Å². The van der Waals surface area contributed by atoms with Gasteiger partial charge in [0.25, 0.3) is 5.79 Å². The molecule has 4 aliphatic rings. The van der Waals surface area contributed by atoms with Crippen LogP contribution in [-0.4, -0.2) is 32.4 Å². The van der Waals surface area contributed by atoms with Crippen LogP contribution >= 0.6 is 23.5 Å². The van der Waals surface area contributed by atoms with Crippen molar-refractivity contribution >= 4 is 29.5 Å². The average Bonchev–Trinajstić information content (AvgIpc) is 3.08. The van der Waals surface area contributed by atoms with Gasteiger partial charge in [0.15, 0.2) is 0 Å². The van der Waals surface area contributed by atoms with Crippen molar-refractivity contribution in [2.75, 3.05) is 11.5 Å². The number of carbonyl (C=O) groups is 1. The third-order valence-electron chi connectivity index (χ3n) is 5.47. The van der Waals surface area contributed by atoms with Gasteiger partial charge in [0.2, 0.25) is 0 Å². The molecule has 0 amide bonds. The SMILES string of the molecule is CC1=C2C=C[C@H](C)[C@H]3CC4(SCCS4)C(C)=C3[C@@]2(O)OC1=O. The van der Waals surface area contributed by atoms with Crippen LogP contribution in [0.4, 0.5) is 0 Å². The van der Waals surface area contributed by atoms with Crippen molar-refractivity contribution in [2.24, 2.45) is 11.8 Å². The van der Waals surface area contributed by atoms with E-state index in [1.54, 1.807) is 6.92 Å². The van der Waals surface area contributed by atoms with Crippen molar-refractivity contribution in [3.8, 4) is 0 Å². The Labute approximate surface area is 139 Å². The molecule has 5 heteroatoms. The molecule has 3 atom stereocenters. The molecule has 1 N–H and O–H groups in total. The van der Waals surface area contributed by atoms with Gasteiger partial charge < -0.3 is 9.84 Å². The number of fused-ring (bicyclic) bond motifs is 3. The lowest BCUT2D eigenvalue weighted by Gasteiger charge is -2.29. The number of carbonyl (C=O) groups excluding carboxylic acids is 1. The van der Waals surface area contributed by atoms with Gasteiger partial charge in [-0.1, -0.05) is 19.1 Å². The van der Waals surface area contributed by atoms with Crippen molar-refractivity contribution < 1.29 is 14.6 Å². The van der Waals surface area contributed by atoms with Crippen molar-refractivity contribution in [1.82, 2.24) is 0 Å². The fourth-order valence-electron chi connectivity index (χ4n) is 4.22. The summed E-state index contributed by atoms with van der Waals surface area (Å²) in [7, 11) is 0. The molecule has 2 heterocycles. The second-order valence-electron chi connectivity index (χ2n) is 6.59. The topological polar surface area (TPSA) is 46.5 Å². The number of esters is 1. The zero-order valence-electron chi connectivity index (χ0n) is 13.0. The van der Waals surface area contributed by atoms with Crippen LogP contribution in [0.3, 0.4) is 0 Å². The maximum atomic E-state index is 12.0. The second kappa shape index (κ2) is 4.68. The van der Waals surface area contributed by atoms with Gasteiger partial charge in [-0.15, -0.1) is 23.5 Å². The molecule has 0 saturated carbocycles. The van der Waals surface area contributed by atoms with Crippen LogP contribution in [-0.2, 0) is 9.53 Å². The lowest BCUT2D eigenvalue weighted by Crippen LogP contribution is -2.36. The first-order valence-electron chi connectivity index (χ1n) is 7.74. The van der Waals surface area contributed by atoms with E-state index in [0.717, 1.165) is 23.5 Å². The molecular weight excluding hydrogens is 316 g/mol. The first-order chi connectivity index (χ1) is 10.4. The normalized spacial score (nSPS) is 39.4. The summed E-state index contributed by atoms with van der Waals surface area (Å²) in [5.41, 5.74) is 3.31. The van der Waals surface area contributed by atoms with E-state index in [9.17, 15) is 9.90 Å². The van der Waals surface area contributed by atoms with Crippen LogP contribution in [0.15, 0.2) is 34.4 Å². The van der Waals surface area contributed by atoms with Crippen molar-refractivity contribution in [1.29, 1.82) is 0 Å². The van der Waals surface area contributed by atoms with Gasteiger partial charge in [-0.05, 0) is 37.7 Å². The highest BCUT2D eigenvalue weighted by Crippen LogP contribution is 2.63. The molecule has 1 saturated heterocycles. The molecule has 22 heavy (non-hydrogen) atoms. The largest absolute Gasteiger partial charge is 0.421 e. The van der Waals surface area contributed by atoms with Gasteiger partial charge in [0.05, 0.1) is 4.08 Å². The maximum absolute atomic E-state index is 12.0. The molecule has 0 aromatic rings. The van der Waals surface area contributed by atoms with Crippen molar-refractivity contribution in [3.63, 3.8) is 0 Å². The molecule has 0 unspecified atom stereocenters. The van der Waals surface area contributed by atoms with Gasteiger partial charge in [-0.2, -0.15) is 0 Å². The van der Waals surface area contributed by atoms with Crippen LogP contribution in [0, 0.1) is 11.8 Å². The Kier molecular flexibility index (Phi) is 3.17. The smallest absolute Gasteiger partial charge is 0.337 e. The Morgan fingerprint density at radius 1 is 1.32 bits per heavy atom. The van der Waals surface area contributed by atoms with E-state index in [1.807, 2.05) is 29.6 Å². The summed E-state index contributed by atoms with van der Waals surface area (Å²) in [5, 5.41) is 11.3. The van der Waals surface area contributed by atoms with Gasteiger partial charge >= 0.3 is 5.97 Å². The summed E-state index contributed by atoms with van der Waals surface area (Å²) < 4.78 is 5.55. The molecular formula is C17H20O3S2. The Morgan fingerprint density at radius 2 is 2.00 bits per heavy atom. The predicted molar refractivity (Wildman–Crippen MR) is 90.5 cm³/mol. The van der Waals surface area contributed by atoms with E-state index in [4.69, 9.17) is 4.74 Å². The molecule has 0 aromatic heterocycles. The maximum Gasteiger partial charge on any atom is 0.337 e. The summed E-state index contributed by atoms with van der Waals surface area (Å²) >= 11 is 3.97. The molecule has 0 radical (unpaired) electrons. The van der Waals surface area contributed by atoms with E-state index in [1.165, 1.54) is 5.57 Å². The third-order valence-corrected chi connectivity index (χ3v) is 9.13. The number of rotatable bonds is 0. The number of hydrogen-bond acceptors (Lipinski definition) is 5. The zero-order valence-corrected chi connectivity index (χ0v) is 14.6. The van der Waals surface area contributed by atoms with Gasteiger partial charge in [-0.25, -0.2) is 4.79 Å². The zero-order chi connectivity index (χ0) is 15.7. The number of ether oxygens (including phenoxy) is 1. The van der Waals surface area contributed by atoms with E-state index in [-0.39, 0.29) is 10.00 Å².